The van der Waals surface area contributed by atoms with Gasteiger partial charge in [0.1, 0.15) is 5.82 Å². The predicted molar refractivity (Wildman–Crippen MR) is 84.5 cm³/mol. The fraction of sp³-hybridized carbons (Fsp3) is 0.312. The fourth-order valence-electron chi connectivity index (χ4n) is 1.70. The molecule has 0 unspecified atom stereocenters. The Kier molecular flexibility index (Phi) is 4.87. The normalized spacial score (nSPS) is 10.5. The van der Waals surface area contributed by atoms with Crippen LogP contribution in [0.15, 0.2) is 36.4 Å². The van der Waals surface area contributed by atoms with Gasteiger partial charge in [-0.05, 0) is 37.1 Å². The number of aryl methyl sites for hydroxylation is 1. The quantitative estimate of drug-likeness (QED) is 0.885. The lowest BCUT2D eigenvalue weighted by atomic mass is 10.1. The van der Waals surface area contributed by atoms with Crippen molar-refractivity contribution in [1.82, 2.24) is 10.2 Å². The summed E-state index contributed by atoms with van der Waals surface area (Å²) in [5, 5.41) is 13.9. The number of hydrogen-bond acceptors (Lipinski definition) is 4. The van der Waals surface area contributed by atoms with Gasteiger partial charge in [-0.25, -0.2) is 0 Å². The van der Waals surface area contributed by atoms with Crippen molar-refractivity contribution in [3.8, 4) is 0 Å². The van der Waals surface area contributed by atoms with Crippen LogP contribution in [0.2, 0.25) is 0 Å². The summed E-state index contributed by atoms with van der Waals surface area (Å²) < 4.78 is 0. The number of aromatic nitrogens is 2. The lowest BCUT2D eigenvalue weighted by Crippen LogP contribution is -2.14. The van der Waals surface area contributed by atoms with E-state index in [-0.39, 0.29) is 5.91 Å². The molecule has 0 spiro atoms. The topological polar surface area (TPSA) is 66.9 Å². The molecule has 1 amide bonds. The van der Waals surface area contributed by atoms with Crippen molar-refractivity contribution in [2.75, 3.05) is 17.2 Å². The van der Waals surface area contributed by atoms with Crippen LogP contribution in [0.25, 0.3) is 0 Å². The van der Waals surface area contributed by atoms with Crippen LogP contribution in [0, 0.1) is 12.8 Å². The standard InChI is InChI=1S/C16H20N4O/c1-11(2)10-17-14-8-9-15(20-19-14)18-16(21)13-6-4-12(3)5-7-13/h4-9,11H,10H2,1-3H3,(H,17,19)(H,18,20,21). The zero-order chi connectivity index (χ0) is 15.2. The van der Waals surface area contributed by atoms with E-state index in [0.29, 0.717) is 23.1 Å². The molecule has 0 saturated carbocycles. The molecule has 1 heterocycles. The molecule has 21 heavy (non-hydrogen) atoms. The van der Waals surface area contributed by atoms with Gasteiger partial charge in [0.2, 0.25) is 0 Å². The van der Waals surface area contributed by atoms with Gasteiger partial charge in [-0.3, -0.25) is 4.79 Å². The van der Waals surface area contributed by atoms with Crippen LogP contribution in [0.1, 0.15) is 29.8 Å². The van der Waals surface area contributed by atoms with Crippen molar-refractivity contribution in [2.24, 2.45) is 5.92 Å². The SMILES string of the molecule is Cc1ccc(C(=O)Nc2ccc(NCC(C)C)nn2)cc1. The van der Waals surface area contributed by atoms with Gasteiger partial charge in [0.15, 0.2) is 5.82 Å². The molecule has 2 aromatic rings. The summed E-state index contributed by atoms with van der Waals surface area (Å²) in [5.74, 6) is 1.49. The summed E-state index contributed by atoms with van der Waals surface area (Å²) in [7, 11) is 0. The van der Waals surface area contributed by atoms with Crippen molar-refractivity contribution in [3.63, 3.8) is 0 Å². The maximum Gasteiger partial charge on any atom is 0.256 e. The largest absolute Gasteiger partial charge is 0.368 e. The van der Waals surface area contributed by atoms with Gasteiger partial charge < -0.3 is 10.6 Å². The summed E-state index contributed by atoms with van der Waals surface area (Å²) in [6, 6.07) is 10.9. The van der Waals surface area contributed by atoms with Gasteiger partial charge in [0, 0.05) is 12.1 Å². The Hall–Kier alpha value is -2.43. The van der Waals surface area contributed by atoms with Gasteiger partial charge >= 0.3 is 0 Å². The number of benzene rings is 1. The average Bonchev–Trinajstić information content (AvgIpc) is 2.47. The van der Waals surface area contributed by atoms with Crippen molar-refractivity contribution in [2.45, 2.75) is 20.8 Å². The summed E-state index contributed by atoms with van der Waals surface area (Å²) in [4.78, 5) is 12.0. The van der Waals surface area contributed by atoms with Crippen LogP contribution in [-0.4, -0.2) is 22.6 Å². The summed E-state index contributed by atoms with van der Waals surface area (Å²) in [6.07, 6.45) is 0. The van der Waals surface area contributed by atoms with Gasteiger partial charge in [-0.15, -0.1) is 10.2 Å². The Labute approximate surface area is 124 Å². The first-order valence-electron chi connectivity index (χ1n) is 7.00. The molecule has 0 aliphatic heterocycles. The smallest absolute Gasteiger partial charge is 0.256 e. The third-order valence-corrected chi connectivity index (χ3v) is 2.91. The Morgan fingerprint density at radius 1 is 1.05 bits per heavy atom. The highest BCUT2D eigenvalue weighted by Crippen LogP contribution is 2.09. The minimum absolute atomic E-state index is 0.188. The molecular weight excluding hydrogens is 264 g/mol. The van der Waals surface area contributed by atoms with E-state index in [1.165, 1.54) is 0 Å². The zero-order valence-corrected chi connectivity index (χ0v) is 12.6. The Morgan fingerprint density at radius 3 is 2.24 bits per heavy atom. The number of anilines is 2. The lowest BCUT2D eigenvalue weighted by Gasteiger charge is -2.08. The summed E-state index contributed by atoms with van der Waals surface area (Å²) in [6.45, 7) is 7.06. The molecule has 5 heteroatoms. The van der Waals surface area contributed by atoms with Crippen LogP contribution < -0.4 is 10.6 Å². The van der Waals surface area contributed by atoms with E-state index in [0.717, 1.165) is 12.1 Å². The number of carbonyl (C=O) groups is 1. The van der Waals surface area contributed by atoms with E-state index in [2.05, 4.69) is 34.7 Å². The minimum atomic E-state index is -0.188. The van der Waals surface area contributed by atoms with Crippen LogP contribution in [0.3, 0.4) is 0 Å². The Bertz CT molecular complexity index is 591. The Balaban J connectivity index is 1.96. The number of amides is 1. The second-order valence-electron chi connectivity index (χ2n) is 5.40. The van der Waals surface area contributed by atoms with Gasteiger partial charge in [-0.2, -0.15) is 0 Å². The molecule has 2 rings (SSSR count). The summed E-state index contributed by atoms with van der Waals surface area (Å²) >= 11 is 0. The van der Waals surface area contributed by atoms with E-state index in [4.69, 9.17) is 0 Å². The average molecular weight is 284 g/mol. The molecular formula is C16H20N4O. The maximum atomic E-state index is 12.0. The Morgan fingerprint density at radius 2 is 1.67 bits per heavy atom. The first kappa shape index (κ1) is 15.0. The second kappa shape index (κ2) is 6.83. The molecule has 0 bridgehead atoms. The van der Waals surface area contributed by atoms with Crippen LogP contribution in [0.4, 0.5) is 11.6 Å². The van der Waals surface area contributed by atoms with Gasteiger partial charge in [-0.1, -0.05) is 31.5 Å². The third kappa shape index (κ3) is 4.56. The number of nitrogens with one attached hydrogen (secondary N) is 2. The molecule has 1 aromatic carbocycles. The first-order chi connectivity index (χ1) is 10.0. The number of rotatable bonds is 5. The van der Waals surface area contributed by atoms with E-state index in [9.17, 15) is 4.79 Å². The van der Waals surface area contributed by atoms with E-state index < -0.39 is 0 Å². The van der Waals surface area contributed by atoms with Crippen LogP contribution in [-0.2, 0) is 0 Å². The highest BCUT2D eigenvalue weighted by atomic mass is 16.1. The fourth-order valence-corrected chi connectivity index (χ4v) is 1.70. The predicted octanol–water partition coefficient (Wildman–Crippen LogP) is 3.11. The van der Waals surface area contributed by atoms with Crippen molar-refractivity contribution in [1.29, 1.82) is 0 Å². The second-order valence-corrected chi connectivity index (χ2v) is 5.40. The number of hydrogen-bond donors (Lipinski definition) is 2. The molecule has 0 fully saturated rings. The molecule has 5 nitrogen and oxygen atoms in total. The molecule has 0 aliphatic carbocycles. The molecule has 0 aliphatic rings. The number of carbonyl (C=O) groups excluding carboxylic acids is 1. The molecule has 0 saturated heterocycles. The van der Waals surface area contributed by atoms with E-state index in [1.54, 1.807) is 24.3 Å². The maximum absolute atomic E-state index is 12.0. The lowest BCUT2D eigenvalue weighted by molar-refractivity contribution is 0.102. The van der Waals surface area contributed by atoms with Crippen molar-refractivity contribution < 1.29 is 4.79 Å². The first-order valence-corrected chi connectivity index (χ1v) is 7.00. The highest BCUT2D eigenvalue weighted by molar-refractivity contribution is 6.03. The zero-order valence-electron chi connectivity index (χ0n) is 12.6. The molecule has 1 aromatic heterocycles. The van der Waals surface area contributed by atoms with Crippen molar-refractivity contribution in [3.05, 3.63) is 47.5 Å². The van der Waals surface area contributed by atoms with Gasteiger partial charge in [0.05, 0.1) is 0 Å². The van der Waals surface area contributed by atoms with E-state index >= 15 is 0 Å². The number of nitrogens with zero attached hydrogens (tertiary/aromatic N) is 2. The minimum Gasteiger partial charge on any atom is -0.368 e. The van der Waals surface area contributed by atoms with Crippen LogP contribution in [0.5, 0.6) is 0 Å². The molecule has 2 N–H and O–H groups in total. The molecule has 0 radical (unpaired) electrons. The highest BCUT2D eigenvalue weighted by Gasteiger charge is 2.07. The van der Waals surface area contributed by atoms with Crippen LogP contribution >= 0.6 is 0 Å². The summed E-state index contributed by atoms with van der Waals surface area (Å²) in [5.41, 5.74) is 1.72. The molecule has 0 atom stereocenters. The third-order valence-electron chi connectivity index (χ3n) is 2.91. The monoisotopic (exact) mass is 284 g/mol. The van der Waals surface area contributed by atoms with E-state index in [1.807, 2.05) is 19.1 Å². The molecule has 110 valence electrons. The van der Waals surface area contributed by atoms with Crippen molar-refractivity contribution >= 4 is 17.5 Å². The van der Waals surface area contributed by atoms with Gasteiger partial charge in [0.25, 0.3) is 5.91 Å².